The molecule has 17 heavy (non-hydrogen) atoms. The molecule has 1 heterocycles. The average Bonchev–Trinajstić information content (AvgIpc) is 2.32. The first kappa shape index (κ1) is 13.3. The Balaban J connectivity index is 1.70. The van der Waals surface area contributed by atoms with Gasteiger partial charge in [-0.25, -0.2) is 0 Å². The van der Waals surface area contributed by atoms with Crippen LogP contribution in [0.25, 0.3) is 0 Å². The van der Waals surface area contributed by atoms with Crippen LogP contribution in [0.1, 0.15) is 18.4 Å². The standard InChI is InChI=1S/C14H21IN2/c1-17-8-2-3-13(11-17)10-16-9-12-4-6-14(15)7-5-12/h4-7,13,16H,2-3,8-11H2,1H3. The van der Waals surface area contributed by atoms with Crippen molar-refractivity contribution in [3.63, 3.8) is 0 Å². The largest absolute Gasteiger partial charge is 0.312 e. The summed E-state index contributed by atoms with van der Waals surface area (Å²) in [6.07, 6.45) is 2.73. The molecule has 0 amide bonds. The molecule has 1 aromatic rings. The number of benzene rings is 1. The van der Waals surface area contributed by atoms with Crippen molar-refractivity contribution in [1.29, 1.82) is 0 Å². The van der Waals surface area contributed by atoms with Crippen LogP contribution in [0.15, 0.2) is 24.3 Å². The molecule has 0 radical (unpaired) electrons. The minimum Gasteiger partial charge on any atom is -0.312 e. The smallest absolute Gasteiger partial charge is 0.0205 e. The van der Waals surface area contributed by atoms with Crippen molar-refractivity contribution in [3.8, 4) is 0 Å². The summed E-state index contributed by atoms with van der Waals surface area (Å²) in [6, 6.07) is 8.77. The van der Waals surface area contributed by atoms with E-state index in [0.717, 1.165) is 19.0 Å². The van der Waals surface area contributed by atoms with Crippen molar-refractivity contribution in [2.45, 2.75) is 19.4 Å². The molecule has 1 unspecified atom stereocenters. The molecular formula is C14H21IN2. The van der Waals surface area contributed by atoms with Gasteiger partial charge in [0, 0.05) is 16.7 Å². The zero-order valence-corrected chi connectivity index (χ0v) is 12.6. The monoisotopic (exact) mass is 344 g/mol. The van der Waals surface area contributed by atoms with Gasteiger partial charge in [-0.2, -0.15) is 0 Å². The topological polar surface area (TPSA) is 15.3 Å². The second-order valence-corrected chi connectivity index (χ2v) is 6.27. The van der Waals surface area contributed by atoms with E-state index >= 15 is 0 Å². The number of hydrogen-bond donors (Lipinski definition) is 1. The molecule has 1 N–H and O–H groups in total. The summed E-state index contributed by atoms with van der Waals surface area (Å²) in [4.78, 5) is 2.45. The predicted octanol–water partition coefficient (Wildman–Crippen LogP) is 2.72. The maximum atomic E-state index is 3.58. The second-order valence-electron chi connectivity index (χ2n) is 5.03. The van der Waals surface area contributed by atoms with Gasteiger partial charge in [-0.15, -0.1) is 0 Å². The Kier molecular flexibility index (Phi) is 5.25. The summed E-state index contributed by atoms with van der Waals surface area (Å²) >= 11 is 2.35. The molecule has 1 aromatic carbocycles. The zero-order valence-electron chi connectivity index (χ0n) is 10.5. The Hall–Kier alpha value is -0.130. The van der Waals surface area contributed by atoms with Crippen LogP contribution < -0.4 is 5.32 Å². The molecule has 1 aliphatic rings. The number of nitrogens with zero attached hydrogens (tertiary/aromatic N) is 1. The number of nitrogens with one attached hydrogen (secondary N) is 1. The first-order chi connectivity index (χ1) is 8.24. The zero-order chi connectivity index (χ0) is 12.1. The Morgan fingerprint density at radius 3 is 2.82 bits per heavy atom. The van der Waals surface area contributed by atoms with E-state index in [0.29, 0.717) is 0 Å². The lowest BCUT2D eigenvalue weighted by Gasteiger charge is -2.29. The number of piperidine rings is 1. The van der Waals surface area contributed by atoms with E-state index < -0.39 is 0 Å². The van der Waals surface area contributed by atoms with Crippen molar-refractivity contribution in [2.24, 2.45) is 5.92 Å². The lowest BCUT2D eigenvalue weighted by Crippen LogP contribution is -2.37. The third kappa shape index (κ3) is 4.56. The van der Waals surface area contributed by atoms with Gasteiger partial charge in [0.1, 0.15) is 0 Å². The molecule has 0 saturated carbocycles. The highest BCUT2D eigenvalue weighted by Crippen LogP contribution is 2.14. The van der Waals surface area contributed by atoms with E-state index in [4.69, 9.17) is 0 Å². The molecule has 1 aliphatic heterocycles. The van der Waals surface area contributed by atoms with E-state index in [2.05, 4.69) is 64.1 Å². The van der Waals surface area contributed by atoms with Gasteiger partial charge < -0.3 is 10.2 Å². The summed E-state index contributed by atoms with van der Waals surface area (Å²) in [5.74, 6) is 0.831. The van der Waals surface area contributed by atoms with Gasteiger partial charge in [-0.1, -0.05) is 12.1 Å². The van der Waals surface area contributed by atoms with E-state index in [1.165, 1.54) is 35.1 Å². The van der Waals surface area contributed by atoms with Crippen LogP contribution >= 0.6 is 22.6 Å². The molecule has 0 aliphatic carbocycles. The SMILES string of the molecule is CN1CCCC(CNCc2ccc(I)cc2)C1. The molecule has 2 rings (SSSR count). The maximum Gasteiger partial charge on any atom is 0.0205 e. The molecule has 1 atom stereocenters. The fourth-order valence-electron chi connectivity index (χ4n) is 2.46. The minimum absolute atomic E-state index is 0.831. The van der Waals surface area contributed by atoms with Crippen molar-refractivity contribution in [3.05, 3.63) is 33.4 Å². The van der Waals surface area contributed by atoms with E-state index in [1.54, 1.807) is 0 Å². The fraction of sp³-hybridized carbons (Fsp3) is 0.571. The summed E-state index contributed by atoms with van der Waals surface area (Å²) in [7, 11) is 2.23. The van der Waals surface area contributed by atoms with Gasteiger partial charge in [0.05, 0.1) is 0 Å². The number of likely N-dealkylation sites (tertiary alicyclic amines) is 1. The van der Waals surface area contributed by atoms with E-state index in [-0.39, 0.29) is 0 Å². The number of rotatable bonds is 4. The second kappa shape index (κ2) is 6.71. The third-order valence-corrected chi connectivity index (χ3v) is 4.12. The van der Waals surface area contributed by atoms with Crippen LogP contribution in [-0.4, -0.2) is 31.6 Å². The molecular weight excluding hydrogens is 323 g/mol. The number of hydrogen-bond acceptors (Lipinski definition) is 2. The van der Waals surface area contributed by atoms with Crippen LogP contribution in [0.2, 0.25) is 0 Å². The Labute approximate surface area is 118 Å². The predicted molar refractivity (Wildman–Crippen MR) is 81.1 cm³/mol. The van der Waals surface area contributed by atoms with Crippen LogP contribution in [0.5, 0.6) is 0 Å². The van der Waals surface area contributed by atoms with Crippen LogP contribution in [-0.2, 0) is 6.54 Å². The number of halogens is 1. The highest BCUT2D eigenvalue weighted by atomic mass is 127. The van der Waals surface area contributed by atoms with Crippen molar-refractivity contribution in [2.75, 3.05) is 26.7 Å². The summed E-state index contributed by atoms with van der Waals surface area (Å²) in [6.45, 7) is 4.67. The first-order valence-electron chi connectivity index (χ1n) is 6.38. The summed E-state index contributed by atoms with van der Waals surface area (Å²) in [5, 5.41) is 3.58. The van der Waals surface area contributed by atoms with Crippen LogP contribution in [0.3, 0.4) is 0 Å². The normalized spacial score (nSPS) is 21.6. The Bertz CT molecular complexity index is 337. The minimum atomic E-state index is 0.831. The van der Waals surface area contributed by atoms with Gasteiger partial charge in [0.15, 0.2) is 0 Å². The fourth-order valence-corrected chi connectivity index (χ4v) is 2.82. The van der Waals surface area contributed by atoms with Crippen molar-refractivity contribution >= 4 is 22.6 Å². The highest BCUT2D eigenvalue weighted by molar-refractivity contribution is 14.1. The highest BCUT2D eigenvalue weighted by Gasteiger charge is 2.16. The molecule has 3 heteroatoms. The molecule has 94 valence electrons. The summed E-state index contributed by atoms with van der Waals surface area (Å²) < 4.78 is 1.31. The Morgan fingerprint density at radius 2 is 2.12 bits per heavy atom. The maximum absolute atomic E-state index is 3.58. The van der Waals surface area contributed by atoms with Gasteiger partial charge in [-0.05, 0) is 79.2 Å². The molecule has 0 spiro atoms. The molecule has 2 nitrogen and oxygen atoms in total. The molecule has 1 saturated heterocycles. The van der Waals surface area contributed by atoms with Gasteiger partial charge >= 0.3 is 0 Å². The lowest BCUT2D eigenvalue weighted by molar-refractivity contribution is 0.206. The summed E-state index contributed by atoms with van der Waals surface area (Å²) in [5.41, 5.74) is 1.38. The third-order valence-electron chi connectivity index (χ3n) is 3.40. The average molecular weight is 344 g/mol. The lowest BCUT2D eigenvalue weighted by atomic mass is 9.98. The van der Waals surface area contributed by atoms with Gasteiger partial charge in [0.2, 0.25) is 0 Å². The van der Waals surface area contributed by atoms with Crippen molar-refractivity contribution < 1.29 is 0 Å². The molecule has 1 fully saturated rings. The van der Waals surface area contributed by atoms with Crippen LogP contribution in [0.4, 0.5) is 0 Å². The first-order valence-corrected chi connectivity index (χ1v) is 7.45. The Morgan fingerprint density at radius 1 is 1.35 bits per heavy atom. The quantitative estimate of drug-likeness (QED) is 0.845. The molecule has 0 aromatic heterocycles. The van der Waals surface area contributed by atoms with Gasteiger partial charge in [0.25, 0.3) is 0 Å². The van der Waals surface area contributed by atoms with E-state index in [9.17, 15) is 0 Å². The van der Waals surface area contributed by atoms with Crippen LogP contribution in [0, 0.1) is 9.49 Å². The van der Waals surface area contributed by atoms with Crippen molar-refractivity contribution in [1.82, 2.24) is 10.2 Å². The van der Waals surface area contributed by atoms with E-state index in [1.807, 2.05) is 0 Å². The van der Waals surface area contributed by atoms with Gasteiger partial charge in [-0.3, -0.25) is 0 Å². The molecule has 0 bridgehead atoms.